The van der Waals surface area contributed by atoms with Crippen LogP contribution in [0.3, 0.4) is 0 Å². The molecule has 0 saturated carbocycles. The second-order valence-electron chi connectivity index (χ2n) is 3.18. The van der Waals surface area contributed by atoms with E-state index >= 15 is 0 Å². The fraction of sp³-hybridized carbons (Fsp3) is 0.538. The van der Waals surface area contributed by atoms with Crippen molar-refractivity contribution in [3.05, 3.63) is 36.5 Å². The zero-order valence-electron chi connectivity index (χ0n) is 9.15. The second-order valence-corrected chi connectivity index (χ2v) is 3.18. The molecular weight excluding hydrogens is 172 g/mol. The minimum atomic E-state index is 0.260. The average Bonchev–Trinajstić information content (AvgIpc) is 2.21. The molecule has 0 aliphatic heterocycles. The maximum atomic E-state index is 8.52. The van der Waals surface area contributed by atoms with Gasteiger partial charge in [0.25, 0.3) is 0 Å². The Morgan fingerprint density at radius 3 is 1.57 bits per heavy atom. The van der Waals surface area contributed by atoms with Gasteiger partial charge in [-0.05, 0) is 39.0 Å². The van der Waals surface area contributed by atoms with Gasteiger partial charge in [0.2, 0.25) is 0 Å². The van der Waals surface area contributed by atoms with Crippen molar-refractivity contribution in [1.29, 1.82) is 0 Å². The Labute approximate surface area is 87.8 Å². The molecule has 0 atom stereocenters. The van der Waals surface area contributed by atoms with E-state index in [2.05, 4.69) is 37.3 Å². The first kappa shape index (κ1) is 13.2. The predicted octanol–water partition coefficient (Wildman–Crippen LogP) is 3.62. The fourth-order valence-corrected chi connectivity index (χ4v) is 1.10. The van der Waals surface area contributed by atoms with Crippen molar-refractivity contribution in [1.82, 2.24) is 0 Å². The number of aliphatic hydroxyl groups excluding tert-OH is 1. The van der Waals surface area contributed by atoms with Crippen LogP contribution in [0.1, 0.15) is 39.0 Å². The van der Waals surface area contributed by atoms with Crippen LogP contribution in [0.25, 0.3) is 0 Å². The molecule has 1 N–H and O–H groups in total. The summed E-state index contributed by atoms with van der Waals surface area (Å²) in [7, 11) is 0. The molecule has 0 saturated heterocycles. The molecule has 0 fully saturated rings. The van der Waals surface area contributed by atoms with Crippen LogP contribution >= 0.6 is 0 Å². The van der Waals surface area contributed by atoms with Crippen LogP contribution in [0.5, 0.6) is 0 Å². The van der Waals surface area contributed by atoms with E-state index in [0.29, 0.717) is 0 Å². The quantitative estimate of drug-likeness (QED) is 0.462. The first-order valence-electron chi connectivity index (χ1n) is 5.43. The molecule has 0 heterocycles. The monoisotopic (exact) mass is 194 g/mol. The van der Waals surface area contributed by atoms with Gasteiger partial charge < -0.3 is 5.11 Å². The van der Waals surface area contributed by atoms with Gasteiger partial charge in [0.05, 0.1) is 0 Å². The second kappa shape index (κ2) is 12.2. The largest absolute Gasteiger partial charge is 0.396 e. The van der Waals surface area contributed by atoms with Crippen LogP contribution in [-0.4, -0.2) is 11.7 Å². The van der Waals surface area contributed by atoms with Crippen molar-refractivity contribution in [3.8, 4) is 0 Å². The molecular formula is C13H22O. The van der Waals surface area contributed by atoms with Crippen LogP contribution in [-0.2, 0) is 0 Å². The maximum Gasteiger partial charge on any atom is 0.0465 e. The van der Waals surface area contributed by atoms with Crippen molar-refractivity contribution >= 4 is 0 Å². The molecule has 0 aliphatic rings. The lowest BCUT2D eigenvalue weighted by Gasteiger charge is -1.88. The number of aliphatic hydroxyl groups is 1. The van der Waals surface area contributed by atoms with Crippen LogP contribution in [0.2, 0.25) is 0 Å². The van der Waals surface area contributed by atoms with Crippen molar-refractivity contribution in [2.24, 2.45) is 0 Å². The number of rotatable bonds is 8. The summed E-state index contributed by atoms with van der Waals surface area (Å²) in [5.41, 5.74) is 0. The van der Waals surface area contributed by atoms with Crippen LogP contribution in [0.15, 0.2) is 36.5 Å². The van der Waals surface area contributed by atoms with Gasteiger partial charge in [-0.1, -0.05) is 36.5 Å². The topological polar surface area (TPSA) is 20.2 Å². The van der Waals surface area contributed by atoms with Crippen molar-refractivity contribution in [3.63, 3.8) is 0 Å². The summed E-state index contributed by atoms with van der Waals surface area (Å²) in [4.78, 5) is 0. The van der Waals surface area contributed by atoms with E-state index in [1.165, 1.54) is 0 Å². The highest BCUT2D eigenvalue weighted by molar-refractivity contribution is 4.89. The molecule has 80 valence electrons. The van der Waals surface area contributed by atoms with E-state index in [4.69, 9.17) is 5.11 Å². The number of hydrogen-bond donors (Lipinski definition) is 1. The van der Waals surface area contributed by atoms with E-state index in [1.807, 2.05) is 6.08 Å². The number of allylic oxidation sites excluding steroid dienone is 5. The third-order valence-corrected chi connectivity index (χ3v) is 1.86. The summed E-state index contributed by atoms with van der Waals surface area (Å²) < 4.78 is 0. The molecule has 0 aromatic heterocycles. The van der Waals surface area contributed by atoms with Crippen molar-refractivity contribution in [2.45, 2.75) is 39.0 Å². The van der Waals surface area contributed by atoms with Gasteiger partial charge in [-0.15, -0.1) is 0 Å². The normalized spacial score (nSPS) is 12.4. The van der Waals surface area contributed by atoms with Crippen molar-refractivity contribution < 1.29 is 5.11 Å². The standard InChI is InChI=1S/C13H22O/c1-2-3-4-5-6-7-8-9-10-11-12-13-14/h2-3,6-7,10-11,14H,4-5,8-9,12-13H2,1H3. The number of hydrogen-bond acceptors (Lipinski definition) is 1. The molecule has 14 heavy (non-hydrogen) atoms. The Hall–Kier alpha value is -0.820. The summed E-state index contributed by atoms with van der Waals surface area (Å²) in [5.74, 6) is 0. The minimum Gasteiger partial charge on any atom is -0.396 e. The molecule has 0 rings (SSSR count). The molecule has 0 unspecified atom stereocenters. The van der Waals surface area contributed by atoms with E-state index in [9.17, 15) is 0 Å². The molecule has 0 aromatic rings. The van der Waals surface area contributed by atoms with E-state index < -0.39 is 0 Å². The summed E-state index contributed by atoms with van der Waals surface area (Å²) in [6.07, 6.45) is 18.2. The molecule has 1 heteroatoms. The summed E-state index contributed by atoms with van der Waals surface area (Å²) in [5, 5.41) is 8.52. The van der Waals surface area contributed by atoms with E-state index in [0.717, 1.165) is 32.1 Å². The van der Waals surface area contributed by atoms with Crippen LogP contribution in [0.4, 0.5) is 0 Å². The fourth-order valence-electron chi connectivity index (χ4n) is 1.10. The van der Waals surface area contributed by atoms with Gasteiger partial charge >= 0.3 is 0 Å². The Morgan fingerprint density at radius 1 is 0.714 bits per heavy atom. The lowest BCUT2D eigenvalue weighted by molar-refractivity contribution is 0.302. The number of unbranched alkanes of at least 4 members (excludes halogenated alkanes) is 2. The highest BCUT2D eigenvalue weighted by Crippen LogP contribution is 1.98. The summed E-state index contributed by atoms with van der Waals surface area (Å²) in [6.45, 7) is 2.31. The van der Waals surface area contributed by atoms with Gasteiger partial charge in [-0.2, -0.15) is 0 Å². The molecule has 0 radical (unpaired) electrons. The molecule has 0 aromatic carbocycles. The van der Waals surface area contributed by atoms with Crippen LogP contribution < -0.4 is 0 Å². The predicted molar refractivity (Wildman–Crippen MR) is 63.3 cm³/mol. The third-order valence-electron chi connectivity index (χ3n) is 1.86. The van der Waals surface area contributed by atoms with Gasteiger partial charge in [0.15, 0.2) is 0 Å². The smallest absolute Gasteiger partial charge is 0.0465 e. The zero-order valence-corrected chi connectivity index (χ0v) is 9.15. The lowest BCUT2D eigenvalue weighted by Crippen LogP contribution is -1.75. The minimum absolute atomic E-state index is 0.260. The highest BCUT2D eigenvalue weighted by atomic mass is 16.2. The van der Waals surface area contributed by atoms with Gasteiger partial charge in [0, 0.05) is 6.61 Å². The molecule has 0 aliphatic carbocycles. The van der Waals surface area contributed by atoms with Crippen LogP contribution in [0, 0.1) is 0 Å². The zero-order chi connectivity index (χ0) is 10.5. The van der Waals surface area contributed by atoms with Crippen molar-refractivity contribution in [2.75, 3.05) is 6.61 Å². The Balaban J connectivity index is 3.18. The van der Waals surface area contributed by atoms with E-state index in [-0.39, 0.29) is 6.61 Å². The molecule has 0 spiro atoms. The maximum absolute atomic E-state index is 8.52. The molecule has 1 nitrogen and oxygen atoms in total. The summed E-state index contributed by atoms with van der Waals surface area (Å²) >= 11 is 0. The molecule has 0 bridgehead atoms. The Kier molecular flexibility index (Phi) is 11.5. The highest BCUT2D eigenvalue weighted by Gasteiger charge is 1.78. The molecule has 0 amide bonds. The lowest BCUT2D eigenvalue weighted by atomic mass is 10.2. The van der Waals surface area contributed by atoms with Gasteiger partial charge in [-0.3, -0.25) is 0 Å². The third kappa shape index (κ3) is 11.2. The Bertz CT molecular complexity index is 178. The SMILES string of the molecule is CC=CCCC=CCCC=CCCO. The first-order chi connectivity index (χ1) is 6.91. The van der Waals surface area contributed by atoms with Gasteiger partial charge in [-0.25, -0.2) is 0 Å². The van der Waals surface area contributed by atoms with E-state index in [1.54, 1.807) is 0 Å². The summed E-state index contributed by atoms with van der Waals surface area (Å²) in [6, 6.07) is 0. The Morgan fingerprint density at radius 2 is 1.14 bits per heavy atom. The first-order valence-corrected chi connectivity index (χ1v) is 5.43. The van der Waals surface area contributed by atoms with Gasteiger partial charge in [0.1, 0.15) is 0 Å². The average molecular weight is 194 g/mol.